The van der Waals surface area contributed by atoms with Gasteiger partial charge in [0.25, 0.3) is 0 Å². The van der Waals surface area contributed by atoms with Crippen molar-refractivity contribution in [3.05, 3.63) is 24.0 Å². The number of piperidine rings is 1. The first kappa shape index (κ1) is 12.5. The average molecular weight is 259 g/mol. The lowest BCUT2D eigenvalue weighted by molar-refractivity contribution is 0.243. The summed E-state index contributed by atoms with van der Waals surface area (Å²) in [5.74, 6) is 1.89. The van der Waals surface area contributed by atoms with E-state index in [2.05, 4.69) is 24.1 Å². The third-order valence-electron chi connectivity index (χ3n) is 4.39. The molecule has 0 bridgehead atoms. The topological polar surface area (TPSA) is 60.9 Å². The van der Waals surface area contributed by atoms with E-state index in [1.54, 1.807) is 12.1 Å². The van der Waals surface area contributed by atoms with Crippen molar-refractivity contribution in [2.75, 3.05) is 13.1 Å². The highest BCUT2D eigenvalue weighted by atomic mass is 16.3. The lowest BCUT2D eigenvalue weighted by Gasteiger charge is -2.35. The fraction of sp³-hybridized carbons (Fsp3) is 0.533. The van der Waals surface area contributed by atoms with Crippen molar-refractivity contribution in [3.8, 4) is 5.75 Å². The highest BCUT2D eigenvalue weighted by Gasteiger charge is 2.34. The van der Waals surface area contributed by atoms with Crippen molar-refractivity contribution in [2.24, 2.45) is 5.92 Å². The van der Waals surface area contributed by atoms with Crippen LogP contribution >= 0.6 is 0 Å². The van der Waals surface area contributed by atoms with Crippen LogP contribution in [0.1, 0.15) is 32.5 Å². The van der Waals surface area contributed by atoms with Gasteiger partial charge in [-0.3, -0.25) is 0 Å². The number of aromatic amines is 1. The fourth-order valence-electron chi connectivity index (χ4n) is 2.96. The van der Waals surface area contributed by atoms with E-state index in [1.165, 1.54) is 12.8 Å². The maximum atomic E-state index is 9.53. The van der Waals surface area contributed by atoms with E-state index in [0.717, 1.165) is 29.9 Å². The summed E-state index contributed by atoms with van der Waals surface area (Å²) in [6.45, 7) is 6.68. The standard InChI is InChI=1S/C15H21N3O/c1-15(2,10-4-3-7-16-9-10)14-17-12-6-5-11(19)8-13(12)18-14/h5-6,8,10,16,19H,3-4,7,9H2,1-2H3,(H,17,18). The largest absolute Gasteiger partial charge is 0.508 e. The number of nitrogens with zero attached hydrogens (tertiary/aromatic N) is 1. The lowest BCUT2D eigenvalue weighted by Crippen LogP contribution is -2.41. The highest BCUT2D eigenvalue weighted by Crippen LogP contribution is 2.35. The third-order valence-corrected chi connectivity index (χ3v) is 4.39. The Hall–Kier alpha value is -1.55. The van der Waals surface area contributed by atoms with Gasteiger partial charge < -0.3 is 15.4 Å². The van der Waals surface area contributed by atoms with Crippen molar-refractivity contribution in [1.82, 2.24) is 15.3 Å². The molecule has 2 heterocycles. The van der Waals surface area contributed by atoms with Crippen LogP contribution in [-0.4, -0.2) is 28.2 Å². The third kappa shape index (κ3) is 2.21. The predicted octanol–water partition coefficient (Wildman–Crippen LogP) is 2.55. The molecule has 4 nitrogen and oxygen atoms in total. The van der Waals surface area contributed by atoms with Gasteiger partial charge in [-0.05, 0) is 44.0 Å². The molecule has 1 saturated heterocycles. The minimum atomic E-state index is 0.0159. The second-order valence-electron chi connectivity index (χ2n) is 6.05. The molecule has 3 rings (SSSR count). The summed E-state index contributed by atoms with van der Waals surface area (Å²) < 4.78 is 0. The molecule has 0 amide bonds. The van der Waals surface area contributed by atoms with Crippen LogP contribution in [0.4, 0.5) is 0 Å². The SMILES string of the molecule is CC(C)(c1nc2ccc(O)cc2[nH]1)C1CCCNC1. The molecule has 1 aromatic heterocycles. The number of nitrogens with one attached hydrogen (secondary N) is 2. The minimum absolute atomic E-state index is 0.0159. The molecule has 19 heavy (non-hydrogen) atoms. The number of rotatable bonds is 2. The molecular formula is C15H21N3O. The van der Waals surface area contributed by atoms with E-state index < -0.39 is 0 Å². The number of H-pyrrole nitrogens is 1. The maximum Gasteiger partial charge on any atom is 0.117 e. The van der Waals surface area contributed by atoms with Gasteiger partial charge in [0, 0.05) is 11.5 Å². The van der Waals surface area contributed by atoms with Crippen molar-refractivity contribution < 1.29 is 5.11 Å². The summed E-state index contributed by atoms with van der Waals surface area (Å²) >= 11 is 0. The van der Waals surface area contributed by atoms with Gasteiger partial charge in [-0.2, -0.15) is 0 Å². The number of hydrogen-bond acceptors (Lipinski definition) is 3. The molecule has 0 spiro atoms. The lowest BCUT2D eigenvalue weighted by atomic mass is 9.74. The summed E-state index contributed by atoms with van der Waals surface area (Å²) in [5.41, 5.74) is 1.85. The van der Waals surface area contributed by atoms with Crippen LogP contribution in [0.25, 0.3) is 11.0 Å². The van der Waals surface area contributed by atoms with Gasteiger partial charge in [-0.15, -0.1) is 0 Å². The smallest absolute Gasteiger partial charge is 0.117 e. The summed E-state index contributed by atoms with van der Waals surface area (Å²) in [4.78, 5) is 8.08. The van der Waals surface area contributed by atoms with Crippen LogP contribution < -0.4 is 5.32 Å². The van der Waals surface area contributed by atoms with E-state index >= 15 is 0 Å². The zero-order chi connectivity index (χ0) is 13.5. The van der Waals surface area contributed by atoms with Gasteiger partial charge in [0.2, 0.25) is 0 Å². The predicted molar refractivity (Wildman–Crippen MR) is 76.4 cm³/mol. The molecule has 102 valence electrons. The van der Waals surface area contributed by atoms with Crippen molar-refractivity contribution in [1.29, 1.82) is 0 Å². The maximum absolute atomic E-state index is 9.53. The molecule has 2 aromatic rings. The Morgan fingerprint density at radius 2 is 2.21 bits per heavy atom. The number of hydrogen-bond donors (Lipinski definition) is 3. The molecule has 1 aliphatic rings. The Morgan fingerprint density at radius 1 is 1.37 bits per heavy atom. The highest BCUT2D eigenvalue weighted by molar-refractivity contribution is 5.76. The molecular weight excluding hydrogens is 238 g/mol. The normalized spacial score (nSPS) is 20.8. The van der Waals surface area contributed by atoms with Crippen LogP contribution in [0.15, 0.2) is 18.2 Å². The second kappa shape index (κ2) is 4.53. The number of phenols is 1. The molecule has 4 heteroatoms. The summed E-state index contributed by atoms with van der Waals surface area (Å²) in [6, 6.07) is 5.28. The first-order valence-electron chi connectivity index (χ1n) is 6.97. The first-order valence-corrected chi connectivity index (χ1v) is 6.97. The van der Waals surface area contributed by atoms with Crippen LogP contribution in [0, 0.1) is 5.92 Å². The van der Waals surface area contributed by atoms with Crippen molar-refractivity contribution in [2.45, 2.75) is 32.1 Å². The van der Waals surface area contributed by atoms with Crippen LogP contribution in [0.3, 0.4) is 0 Å². The number of fused-ring (bicyclic) bond motifs is 1. The zero-order valence-electron chi connectivity index (χ0n) is 11.5. The quantitative estimate of drug-likeness (QED) is 0.776. The van der Waals surface area contributed by atoms with Gasteiger partial charge in [-0.1, -0.05) is 13.8 Å². The Balaban J connectivity index is 1.97. The number of benzene rings is 1. The van der Waals surface area contributed by atoms with Gasteiger partial charge in [-0.25, -0.2) is 4.98 Å². The number of aromatic nitrogens is 2. The molecule has 0 aliphatic carbocycles. The summed E-state index contributed by atoms with van der Waals surface area (Å²) in [6.07, 6.45) is 2.47. The van der Waals surface area contributed by atoms with E-state index in [4.69, 9.17) is 4.98 Å². The Kier molecular flexibility index (Phi) is 2.97. The average Bonchev–Trinajstić information content (AvgIpc) is 2.83. The fourth-order valence-corrected chi connectivity index (χ4v) is 2.96. The molecule has 1 aliphatic heterocycles. The zero-order valence-corrected chi connectivity index (χ0v) is 11.5. The molecule has 1 atom stereocenters. The summed E-state index contributed by atoms with van der Waals surface area (Å²) in [7, 11) is 0. The van der Waals surface area contributed by atoms with E-state index in [9.17, 15) is 5.11 Å². The van der Waals surface area contributed by atoms with Crippen molar-refractivity contribution in [3.63, 3.8) is 0 Å². The molecule has 0 radical (unpaired) electrons. The monoisotopic (exact) mass is 259 g/mol. The van der Waals surface area contributed by atoms with Crippen LogP contribution in [-0.2, 0) is 5.41 Å². The molecule has 3 N–H and O–H groups in total. The molecule has 1 unspecified atom stereocenters. The number of imidazole rings is 1. The Bertz CT molecular complexity index is 582. The van der Waals surface area contributed by atoms with Crippen molar-refractivity contribution >= 4 is 11.0 Å². The minimum Gasteiger partial charge on any atom is -0.508 e. The van der Waals surface area contributed by atoms with Gasteiger partial charge in [0.1, 0.15) is 11.6 Å². The molecule has 0 saturated carbocycles. The van der Waals surface area contributed by atoms with Gasteiger partial charge in [0.15, 0.2) is 0 Å². The first-order chi connectivity index (χ1) is 9.07. The van der Waals surface area contributed by atoms with Crippen LogP contribution in [0.2, 0.25) is 0 Å². The summed E-state index contributed by atoms with van der Waals surface area (Å²) in [5, 5.41) is 13.0. The van der Waals surface area contributed by atoms with Gasteiger partial charge in [0.05, 0.1) is 11.0 Å². The van der Waals surface area contributed by atoms with Gasteiger partial charge >= 0.3 is 0 Å². The van der Waals surface area contributed by atoms with E-state index in [1.807, 2.05) is 6.07 Å². The Morgan fingerprint density at radius 3 is 2.95 bits per heavy atom. The Labute approximate surface area is 113 Å². The van der Waals surface area contributed by atoms with E-state index in [-0.39, 0.29) is 11.2 Å². The number of phenolic OH excluding ortho intramolecular Hbond substituents is 1. The number of aromatic hydroxyl groups is 1. The molecule has 1 aromatic carbocycles. The van der Waals surface area contributed by atoms with E-state index in [0.29, 0.717) is 5.92 Å². The second-order valence-corrected chi connectivity index (χ2v) is 6.05. The van der Waals surface area contributed by atoms with Crippen LogP contribution in [0.5, 0.6) is 5.75 Å². The molecule has 1 fully saturated rings.